The Bertz CT molecular complexity index is 1090. The maximum Gasteiger partial charge on any atom is 0.166 e. The van der Waals surface area contributed by atoms with Crippen molar-refractivity contribution < 1.29 is 48.1 Å². The summed E-state index contributed by atoms with van der Waals surface area (Å²) in [5.41, 5.74) is 0.824. The Morgan fingerprint density at radius 2 is 1.44 bits per heavy atom. The van der Waals surface area contributed by atoms with Crippen LogP contribution >= 0.6 is 0 Å². The number of nitrogens with zero attached hydrogens (tertiary/aromatic N) is 1. The fourth-order valence-electron chi connectivity index (χ4n) is 8.27. The summed E-state index contributed by atoms with van der Waals surface area (Å²) >= 11 is 0. The lowest BCUT2D eigenvalue weighted by Gasteiger charge is -2.64. The van der Waals surface area contributed by atoms with Crippen molar-refractivity contribution in [2.45, 2.75) is 74.2 Å². The molecule has 1 unspecified atom stereocenters. The molecule has 45 heavy (non-hydrogen) atoms. The molecule has 2 saturated carbocycles. The van der Waals surface area contributed by atoms with Crippen molar-refractivity contribution in [3.05, 3.63) is 23.3 Å². The lowest BCUT2D eigenvalue weighted by molar-refractivity contribution is -0.209. The Balaban J connectivity index is 0.913. The van der Waals surface area contributed by atoms with E-state index in [-0.39, 0.29) is 6.04 Å². The van der Waals surface area contributed by atoms with Gasteiger partial charge in [-0.05, 0) is 62.6 Å². The van der Waals surface area contributed by atoms with Crippen LogP contribution in [-0.4, -0.2) is 138 Å². The normalized spacial score (nSPS) is 30.2. The molecule has 5 atom stereocenters. The van der Waals surface area contributed by atoms with E-state index in [1.165, 1.54) is 24.8 Å². The van der Waals surface area contributed by atoms with Gasteiger partial charge in [0.15, 0.2) is 11.5 Å². The SMILES string of the molecule is COCCOCCOCCOCCOCCOCCOc1ccc2c3c1OC1[C@@H](O)CC[C@@]4(O)[C@@H](C2)N(CC2CCC2)CC[C@]314. The number of aliphatic hydroxyl groups excluding tert-OH is 1. The quantitative estimate of drug-likeness (QED) is 0.194. The molecule has 11 heteroatoms. The largest absolute Gasteiger partial charge is 0.487 e. The summed E-state index contributed by atoms with van der Waals surface area (Å²) in [4.78, 5) is 2.56. The summed E-state index contributed by atoms with van der Waals surface area (Å²) in [6.45, 7) is 8.04. The summed E-state index contributed by atoms with van der Waals surface area (Å²) in [5, 5.41) is 23.7. The second kappa shape index (κ2) is 15.6. The van der Waals surface area contributed by atoms with Gasteiger partial charge in [-0.3, -0.25) is 4.90 Å². The van der Waals surface area contributed by atoms with Crippen LogP contribution in [0.5, 0.6) is 11.5 Å². The molecule has 2 bridgehead atoms. The first kappa shape index (κ1) is 33.4. The van der Waals surface area contributed by atoms with E-state index < -0.39 is 23.2 Å². The Morgan fingerprint density at radius 3 is 2.04 bits per heavy atom. The van der Waals surface area contributed by atoms with Crippen LogP contribution in [0, 0.1) is 5.92 Å². The zero-order valence-electron chi connectivity index (χ0n) is 26.9. The van der Waals surface area contributed by atoms with E-state index in [0.717, 1.165) is 37.4 Å². The second-order valence-corrected chi connectivity index (χ2v) is 13.1. The van der Waals surface area contributed by atoms with Crippen LogP contribution in [-0.2, 0) is 40.3 Å². The molecule has 254 valence electrons. The molecule has 1 spiro atoms. The first-order valence-electron chi connectivity index (χ1n) is 17.1. The Hall–Kier alpha value is -1.54. The van der Waals surface area contributed by atoms with Crippen molar-refractivity contribution >= 4 is 0 Å². The van der Waals surface area contributed by atoms with Gasteiger partial charge in [-0.2, -0.15) is 0 Å². The molecule has 5 aliphatic rings. The van der Waals surface area contributed by atoms with Gasteiger partial charge >= 0.3 is 0 Å². The third-order valence-electron chi connectivity index (χ3n) is 10.6. The minimum absolute atomic E-state index is 0.0638. The second-order valence-electron chi connectivity index (χ2n) is 13.1. The van der Waals surface area contributed by atoms with E-state index in [9.17, 15) is 10.2 Å². The molecule has 1 saturated heterocycles. The van der Waals surface area contributed by atoms with Crippen LogP contribution in [0.15, 0.2) is 12.1 Å². The molecule has 2 aliphatic heterocycles. The van der Waals surface area contributed by atoms with Gasteiger partial charge in [0.1, 0.15) is 12.7 Å². The zero-order chi connectivity index (χ0) is 31.1. The smallest absolute Gasteiger partial charge is 0.166 e. The van der Waals surface area contributed by atoms with Crippen molar-refractivity contribution in [1.29, 1.82) is 0 Å². The number of likely N-dealkylation sites (tertiary alicyclic amines) is 1. The highest BCUT2D eigenvalue weighted by atomic mass is 16.6. The molecular formula is C34H53NO10. The van der Waals surface area contributed by atoms with E-state index in [0.29, 0.717) is 104 Å². The third-order valence-corrected chi connectivity index (χ3v) is 10.6. The maximum absolute atomic E-state index is 12.5. The number of piperidine rings is 1. The van der Waals surface area contributed by atoms with Crippen molar-refractivity contribution in [1.82, 2.24) is 4.90 Å². The Morgan fingerprint density at radius 1 is 0.822 bits per heavy atom. The van der Waals surface area contributed by atoms with Crippen molar-refractivity contribution in [2.24, 2.45) is 5.92 Å². The van der Waals surface area contributed by atoms with Crippen LogP contribution in [0.25, 0.3) is 0 Å². The number of hydrogen-bond donors (Lipinski definition) is 2. The minimum atomic E-state index is -0.906. The lowest BCUT2D eigenvalue weighted by atomic mass is 9.48. The summed E-state index contributed by atoms with van der Waals surface area (Å²) < 4.78 is 45.3. The van der Waals surface area contributed by atoms with Gasteiger partial charge in [0.05, 0.1) is 89.8 Å². The van der Waals surface area contributed by atoms with Gasteiger partial charge in [0.2, 0.25) is 0 Å². The highest BCUT2D eigenvalue weighted by Crippen LogP contribution is 2.65. The van der Waals surface area contributed by atoms with Crippen LogP contribution < -0.4 is 9.47 Å². The first-order chi connectivity index (χ1) is 22.1. The molecule has 2 heterocycles. The number of methoxy groups -OCH3 is 1. The van der Waals surface area contributed by atoms with Crippen molar-refractivity contribution in [3.8, 4) is 11.5 Å². The van der Waals surface area contributed by atoms with E-state index in [4.69, 9.17) is 37.9 Å². The number of aliphatic hydroxyl groups is 2. The molecule has 0 amide bonds. The van der Waals surface area contributed by atoms with Gasteiger partial charge in [-0.15, -0.1) is 0 Å². The molecule has 11 nitrogen and oxygen atoms in total. The standard InChI is InChI=1S/C34H53NO10/c1-38-11-12-39-13-14-40-15-16-41-17-18-42-19-20-43-21-22-44-28-6-5-26-23-29-34(37)8-7-27(36)32-33(34,30(26)31(28)45-32)9-10-35(29)24-25-3-2-4-25/h5-6,25,27,29,32,36-37H,2-4,7-24H2,1H3/t27-,29+,32?,33-,34+/m0/s1. The van der Waals surface area contributed by atoms with Gasteiger partial charge < -0.3 is 48.1 Å². The number of benzene rings is 1. The molecular weight excluding hydrogens is 582 g/mol. The number of ether oxygens (including phenoxy) is 8. The van der Waals surface area contributed by atoms with Crippen molar-refractivity contribution in [3.63, 3.8) is 0 Å². The van der Waals surface area contributed by atoms with E-state index in [1.807, 2.05) is 6.07 Å². The Labute approximate surface area is 267 Å². The summed E-state index contributed by atoms with van der Waals surface area (Å²) in [6, 6.07) is 4.22. The fourth-order valence-corrected chi connectivity index (χ4v) is 8.27. The first-order valence-corrected chi connectivity index (χ1v) is 17.1. The molecule has 0 radical (unpaired) electrons. The van der Waals surface area contributed by atoms with Gasteiger partial charge in [-0.25, -0.2) is 0 Å². The summed E-state index contributed by atoms with van der Waals surface area (Å²) in [7, 11) is 1.65. The van der Waals surface area contributed by atoms with Crippen LogP contribution in [0.4, 0.5) is 0 Å². The molecule has 6 rings (SSSR count). The van der Waals surface area contributed by atoms with Crippen LogP contribution in [0.2, 0.25) is 0 Å². The highest BCUT2D eigenvalue weighted by Gasteiger charge is 2.73. The average molecular weight is 636 g/mol. The van der Waals surface area contributed by atoms with Crippen molar-refractivity contribution in [2.75, 3.05) is 99.5 Å². The predicted octanol–water partition coefficient (Wildman–Crippen LogP) is 2.11. The molecule has 3 aliphatic carbocycles. The van der Waals surface area contributed by atoms with Crippen LogP contribution in [0.3, 0.4) is 0 Å². The molecule has 0 aromatic heterocycles. The third kappa shape index (κ3) is 6.89. The zero-order valence-corrected chi connectivity index (χ0v) is 26.9. The molecule has 3 fully saturated rings. The molecule has 1 aromatic carbocycles. The van der Waals surface area contributed by atoms with E-state index in [1.54, 1.807) is 7.11 Å². The lowest BCUT2D eigenvalue weighted by Crippen LogP contribution is -2.77. The van der Waals surface area contributed by atoms with Crippen LogP contribution in [0.1, 0.15) is 49.7 Å². The maximum atomic E-state index is 12.5. The summed E-state index contributed by atoms with van der Waals surface area (Å²) in [6.07, 6.45) is 5.65. The highest BCUT2D eigenvalue weighted by molar-refractivity contribution is 5.63. The molecule has 2 N–H and O–H groups in total. The van der Waals surface area contributed by atoms with E-state index >= 15 is 0 Å². The minimum Gasteiger partial charge on any atom is -0.487 e. The van der Waals surface area contributed by atoms with Gasteiger partial charge in [0.25, 0.3) is 0 Å². The topological polar surface area (TPSA) is 118 Å². The van der Waals surface area contributed by atoms with Gasteiger partial charge in [-0.1, -0.05) is 12.5 Å². The summed E-state index contributed by atoms with van der Waals surface area (Å²) in [5.74, 6) is 2.13. The number of rotatable bonds is 21. The molecule has 1 aromatic rings. The Kier molecular flexibility index (Phi) is 11.5. The average Bonchev–Trinajstić information content (AvgIpc) is 3.38. The monoisotopic (exact) mass is 635 g/mol. The predicted molar refractivity (Wildman–Crippen MR) is 165 cm³/mol. The number of hydrogen-bond acceptors (Lipinski definition) is 11. The fraction of sp³-hybridized carbons (Fsp3) is 0.824. The van der Waals surface area contributed by atoms with E-state index in [2.05, 4.69) is 11.0 Å². The van der Waals surface area contributed by atoms with Gasteiger partial charge in [0, 0.05) is 25.3 Å².